The highest BCUT2D eigenvalue weighted by Gasteiger charge is 2.32. The Kier molecular flexibility index (Phi) is 6.75. The van der Waals surface area contributed by atoms with Crippen molar-refractivity contribution in [2.75, 3.05) is 38.7 Å². The van der Waals surface area contributed by atoms with E-state index in [1.807, 2.05) is 60.3 Å². The first-order chi connectivity index (χ1) is 13.8. The third-order valence-electron chi connectivity index (χ3n) is 5.43. The first-order valence-electron chi connectivity index (χ1n) is 10.0. The second kappa shape index (κ2) is 9.27. The summed E-state index contributed by atoms with van der Waals surface area (Å²) >= 11 is 0. The van der Waals surface area contributed by atoms with Gasteiger partial charge in [0.15, 0.2) is 6.61 Å². The minimum absolute atomic E-state index is 0.000961. The summed E-state index contributed by atoms with van der Waals surface area (Å²) in [5, 5.41) is 0. The summed E-state index contributed by atoms with van der Waals surface area (Å²) in [5.41, 5.74) is 2.11. The molecule has 0 aliphatic carbocycles. The SMILES string of the molecule is C[C@@H]1CN(C(=O)COc2cccc(N(C)C)c2)[C@@H](C)CN1Cc1ccc(F)cc1. The van der Waals surface area contributed by atoms with Crippen molar-refractivity contribution in [1.29, 1.82) is 0 Å². The van der Waals surface area contributed by atoms with Crippen LogP contribution in [0.4, 0.5) is 10.1 Å². The molecule has 0 saturated carbocycles. The number of carbonyl (C=O) groups is 1. The van der Waals surface area contributed by atoms with Gasteiger partial charge < -0.3 is 14.5 Å². The van der Waals surface area contributed by atoms with Crippen molar-refractivity contribution < 1.29 is 13.9 Å². The van der Waals surface area contributed by atoms with Crippen LogP contribution in [0, 0.1) is 5.82 Å². The van der Waals surface area contributed by atoms with Crippen molar-refractivity contribution in [2.45, 2.75) is 32.5 Å². The number of rotatable bonds is 6. The summed E-state index contributed by atoms with van der Waals surface area (Å²) in [6.07, 6.45) is 0. The Labute approximate surface area is 172 Å². The van der Waals surface area contributed by atoms with Crippen LogP contribution in [0.3, 0.4) is 0 Å². The molecule has 0 unspecified atom stereocenters. The van der Waals surface area contributed by atoms with Gasteiger partial charge in [0, 0.05) is 57.6 Å². The van der Waals surface area contributed by atoms with Gasteiger partial charge in [-0.25, -0.2) is 4.39 Å². The summed E-state index contributed by atoms with van der Waals surface area (Å²) in [6, 6.07) is 14.7. The Balaban J connectivity index is 1.55. The van der Waals surface area contributed by atoms with E-state index in [-0.39, 0.29) is 30.4 Å². The largest absolute Gasteiger partial charge is 0.484 e. The fourth-order valence-corrected chi connectivity index (χ4v) is 3.67. The molecule has 0 aromatic heterocycles. The Hall–Kier alpha value is -2.60. The normalized spacial score (nSPS) is 19.8. The number of hydrogen-bond acceptors (Lipinski definition) is 4. The number of piperazine rings is 1. The summed E-state index contributed by atoms with van der Waals surface area (Å²) in [6.45, 7) is 6.40. The van der Waals surface area contributed by atoms with E-state index in [1.165, 1.54) is 12.1 Å². The lowest BCUT2D eigenvalue weighted by Gasteiger charge is -2.44. The van der Waals surface area contributed by atoms with Crippen LogP contribution in [0.15, 0.2) is 48.5 Å². The lowest BCUT2D eigenvalue weighted by molar-refractivity contribution is -0.139. The molecule has 156 valence electrons. The van der Waals surface area contributed by atoms with Crippen LogP contribution in [-0.4, -0.2) is 61.6 Å². The first kappa shape index (κ1) is 21.1. The van der Waals surface area contributed by atoms with E-state index < -0.39 is 0 Å². The summed E-state index contributed by atoms with van der Waals surface area (Å²) in [4.78, 5) is 19.0. The van der Waals surface area contributed by atoms with E-state index in [4.69, 9.17) is 4.74 Å². The van der Waals surface area contributed by atoms with Crippen molar-refractivity contribution in [3.8, 4) is 5.75 Å². The van der Waals surface area contributed by atoms with Crippen LogP contribution in [0.1, 0.15) is 19.4 Å². The molecule has 1 fully saturated rings. The molecule has 1 aliphatic rings. The maximum Gasteiger partial charge on any atom is 0.260 e. The molecule has 29 heavy (non-hydrogen) atoms. The number of ether oxygens (including phenoxy) is 1. The number of amides is 1. The lowest BCUT2D eigenvalue weighted by Crippen LogP contribution is -2.58. The number of anilines is 1. The standard InChI is InChI=1S/C23H30FN3O2/c1-17-14-27(18(2)13-26(17)15-19-8-10-20(24)11-9-19)23(28)16-29-22-7-5-6-21(12-22)25(3)4/h5-12,17-18H,13-16H2,1-4H3/t17-,18+/m1/s1. The number of benzene rings is 2. The number of halogens is 1. The molecular formula is C23H30FN3O2. The van der Waals surface area contributed by atoms with Crippen molar-refractivity contribution >= 4 is 11.6 Å². The predicted octanol–water partition coefficient (Wildman–Crippen LogP) is 3.39. The van der Waals surface area contributed by atoms with E-state index in [2.05, 4.69) is 18.7 Å². The van der Waals surface area contributed by atoms with Crippen LogP contribution in [0.25, 0.3) is 0 Å². The highest BCUT2D eigenvalue weighted by Crippen LogP contribution is 2.21. The van der Waals surface area contributed by atoms with Gasteiger partial charge in [0.25, 0.3) is 5.91 Å². The van der Waals surface area contributed by atoms with Crippen LogP contribution in [0.2, 0.25) is 0 Å². The Morgan fingerprint density at radius 3 is 2.52 bits per heavy atom. The molecule has 0 bridgehead atoms. The van der Waals surface area contributed by atoms with Crippen LogP contribution < -0.4 is 9.64 Å². The molecule has 1 saturated heterocycles. The van der Waals surface area contributed by atoms with Crippen molar-refractivity contribution in [2.24, 2.45) is 0 Å². The van der Waals surface area contributed by atoms with E-state index >= 15 is 0 Å². The van der Waals surface area contributed by atoms with E-state index in [0.29, 0.717) is 12.3 Å². The zero-order valence-corrected chi connectivity index (χ0v) is 17.6. The van der Waals surface area contributed by atoms with Gasteiger partial charge >= 0.3 is 0 Å². The minimum atomic E-state index is -0.221. The molecule has 0 radical (unpaired) electrons. The number of hydrogen-bond donors (Lipinski definition) is 0. The molecule has 0 spiro atoms. The molecular weight excluding hydrogens is 369 g/mol. The quantitative estimate of drug-likeness (QED) is 0.746. The van der Waals surface area contributed by atoms with Gasteiger partial charge in [0.05, 0.1) is 0 Å². The minimum Gasteiger partial charge on any atom is -0.484 e. The number of carbonyl (C=O) groups excluding carboxylic acids is 1. The smallest absolute Gasteiger partial charge is 0.260 e. The van der Waals surface area contributed by atoms with Gasteiger partial charge in [-0.3, -0.25) is 9.69 Å². The molecule has 2 aromatic rings. The monoisotopic (exact) mass is 399 g/mol. The zero-order valence-electron chi connectivity index (χ0n) is 17.6. The highest BCUT2D eigenvalue weighted by molar-refractivity contribution is 5.78. The maximum atomic E-state index is 13.1. The topological polar surface area (TPSA) is 36.0 Å². The second-order valence-corrected chi connectivity index (χ2v) is 7.98. The average Bonchev–Trinajstić information content (AvgIpc) is 2.70. The molecule has 1 heterocycles. The zero-order chi connectivity index (χ0) is 21.0. The molecule has 6 heteroatoms. The molecule has 3 rings (SSSR count). The van der Waals surface area contributed by atoms with E-state index in [9.17, 15) is 9.18 Å². The van der Waals surface area contributed by atoms with Gasteiger partial charge in [0.1, 0.15) is 11.6 Å². The average molecular weight is 400 g/mol. The van der Waals surface area contributed by atoms with Gasteiger partial charge in [0.2, 0.25) is 0 Å². The second-order valence-electron chi connectivity index (χ2n) is 7.98. The maximum absolute atomic E-state index is 13.1. The fourth-order valence-electron chi connectivity index (χ4n) is 3.67. The van der Waals surface area contributed by atoms with Gasteiger partial charge in [-0.1, -0.05) is 18.2 Å². The van der Waals surface area contributed by atoms with Crippen LogP contribution >= 0.6 is 0 Å². The van der Waals surface area contributed by atoms with Crippen LogP contribution in [-0.2, 0) is 11.3 Å². The molecule has 2 aromatic carbocycles. The first-order valence-corrected chi connectivity index (χ1v) is 10.0. The van der Waals surface area contributed by atoms with Crippen molar-refractivity contribution in [3.05, 3.63) is 59.9 Å². The third kappa shape index (κ3) is 5.48. The highest BCUT2D eigenvalue weighted by atomic mass is 19.1. The third-order valence-corrected chi connectivity index (χ3v) is 5.43. The Bertz CT molecular complexity index is 825. The summed E-state index contributed by atoms with van der Waals surface area (Å²) in [7, 11) is 3.94. The van der Waals surface area contributed by atoms with Crippen LogP contribution in [0.5, 0.6) is 5.75 Å². The van der Waals surface area contributed by atoms with Gasteiger partial charge in [-0.05, 0) is 43.7 Å². The number of nitrogens with zero attached hydrogens (tertiary/aromatic N) is 3. The lowest BCUT2D eigenvalue weighted by atomic mass is 10.1. The van der Waals surface area contributed by atoms with E-state index in [1.54, 1.807) is 0 Å². The van der Waals surface area contributed by atoms with Crippen molar-refractivity contribution in [1.82, 2.24) is 9.80 Å². The molecule has 2 atom stereocenters. The van der Waals surface area contributed by atoms with Gasteiger partial charge in [-0.15, -0.1) is 0 Å². The fraction of sp³-hybridized carbons (Fsp3) is 0.435. The summed E-state index contributed by atoms with van der Waals surface area (Å²) < 4.78 is 18.9. The van der Waals surface area contributed by atoms with Gasteiger partial charge in [-0.2, -0.15) is 0 Å². The predicted molar refractivity (Wildman–Crippen MR) is 114 cm³/mol. The van der Waals surface area contributed by atoms with E-state index in [0.717, 1.165) is 24.3 Å². The molecule has 1 amide bonds. The van der Waals surface area contributed by atoms with Crippen molar-refractivity contribution in [3.63, 3.8) is 0 Å². The summed E-state index contributed by atoms with van der Waals surface area (Å²) in [5.74, 6) is 0.475. The Morgan fingerprint density at radius 2 is 1.83 bits per heavy atom. The molecule has 0 N–H and O–H groups in total. The Morgan fingerprint density at radius 1 is 1.10 bits per heavy atom. The molecule has 5 nitrogen and oxygen atoms in total. The molecule has 1 aliphatic heterocycles.